The molecule has 1 N–H and O–H groups in total. The molecule has 284 valence electrons. The monoisotopic (exact) mass is 736 g/mol. The van der Waals surface area contributed by atoms with Gasteiger partial charge in [-0.1, -0.05) is 138 Å². The number of rotatable bonds is 4. The summed E-state index contributed by atoms with van der Waals surface area (Å²) in [6, 6.07) is 40.8. The van der Waals surface area contributed by atoms with Crippen molar-refractivity contribution in [2.45, 2.75) is 105 Å². The quantitative estimate of drug-likeness (QED) is 0.195. The second-order valence-corrected chi connectivity index (χ2v) is 20.0. The van der Waals surface area contributed by atoms with Crippen LogP contribution in [0, 0.1) is 0 Å². The van der Waals surface area contributed by atoms with E-state index in [4.69, 9.17) is 9.40 Å². The second-order valence-electron chi connectivity index (χ2n) is 20.0. The van der Waals surface area contributed by atoms with Crippen LogP contribution >= 0.6 is 0 Å². The van der Waals surface area contributed by atoms with Crippen molar-refractivity contribution in [2.24, 2.45) is 0 Å². The summed E-state index contributed by atoms with van der Waals surface area (Å²) in [5, 5.41) is 3.47. The lowest BCUT2D eigenvalue weighted by Crippen LogP contribution is -2.11. The van der Waals surface area contributed by atoms with Crippen molar-refractivity contribution >= 4 is 32.8 Å². The van der Waals surface area contributed by atoms with Gasteiger partial charge in [0.25, 0.3) is 0 Å². The molecule has 0 fully saturated rings. The molecule has 5 aromatic carbocycles. The molecule has 3 heteroatoms. The Morgan fingerprint density at radius 1 is 0.429 bits per heavy atom. The maximum Gasteiger partial charge on any atom is 0.138 e. The number of fused-ring (bicyclic) bond motifs is 4. The molecule has 3 heterocycles. The zero-order valence-corrected chi connectivity index (χ0v) is 35.3. The van der Waals surface area contributed by atoms with E-state index < -0.39 is 0 Å². The predicted molar refractivity (Wildman–Crippen MR) is 240 cm³/mol. The van der Waals surface area contributed by atoms with E-state index >= 15 is 0 Å². The minimum absolute atomic E-state index is 0.0394. The first-order valence-corrected chi connectivity index (χ1v) is 20.1. The van der Waals surface area contributed by atoms with Crippen molar-refractivity contribution in [1.82, 2.24) is 9.97 Å². The van der Waals surface area contributed by atoms with Crippen molar-refractivity contribution in [3.63, 3.8) is 0 Å². The molecular weight excluding hydrogens is 681 g/mol. The summed E-state index contributed by atoms with van der Waals surface area (Å²) in [6.07, 6.45) is 1.79. The molecule has 0 amide bonds. The second kappa shape index (κ2) is 13.1. The van der Waals surface area contributed by atoms with Crippen LogP contribution in [0.5, 0.6) is 0 Å². The lowest BCUT2D eigenvalue weighted by molar-refractivity contribution is 0.590. The summed E-state index contributed by atoms with van der Waals surface area (Å²) < 4.78 is 6.23. The number of nitrogens with zero attached hydrogens (tertiary/aromatic N) is 1. The van der Waals surface area contributed by atoms with Gasteiger partial charge in [-0.3, -0.25) is 0 Å². The van der Waals surface area contributed by atoms with Crippen molar-refractivity contribution in [2.75, 3.05) is 0 Å². The number of aromatic amines is 1. The number of benzene rings is 5. The summed E-state index contributed by atoms with van der Waals surface area (Å²) in [4.78, 5) is 9.44. The number of hydrogen-bond acceptors (Lipinski definition) is 2. The molecule has 0 aliphatic heterocycles. The summed E-state index contributed by atoms with van der Waals surface area (Å²) in [7, 11) is 0. The van der Waals surface area contributed by atoms with Crippen LogP contribution in [0.2, 0.25) is 0 Å². The van der Waals surface area contributed by atoms with Gasteiger partial charge in [-0.2, -0.15) is 0 Å². The molecule has 0 unspecified atom stereocenters. The molecule has 8 rings (SSSR count). The summed E-state index contributed by atoms with van der Waals surface area (Å²) >= 11 is 0. The molecule has 0 spiro atoms. The standard InChI is InChI=1S/C53H56N2O/c1-50(2,3)37-17-13-32(14-18-37)34-25-35(33-15-19-38(20-16-33)51(4,5)6)27-36(26-34)46-31-47-41(23-24-56-47)48(55-46)44-30-40(53(10,11)12)29-43-42-28-39(52(7,8)9)21-22-45(42)54-49(43)44/h13-31,54H,1-12H3. The van der Waals surface area contributed by atoms with E-state index in [2.05, 4.69) is 197 Å². The Kier molecular flexibility index (Phi) is 8.77. The van der Waals surface area contributed by atoms with Crippen LogP contribution < -0.4 is 0 Å². The van der Waals surface area contributed by atoms with Gasteiger partial charge in [0.1, 0.15) is 5.58 Å². The van der Waals surface area contributed by atoms with E-state index in [0.29, 0.717) is 0 Å². The molecule has 0 bridgehead atoms. The first-order chi connectivity index (χ1) is 26.2. The Balaban J connectivity index is 1.37. The number of pyridine rings is 1. The first-order valence-electron chi connectivity index (χ1n) is 20.1. The van der Waals surface area contributed by atoms with Gasteiger partial charge in [0.05, 0.1) is 23.2 Å². The summed E-state index contributed by atoms with van der Waals surface area (Å²) in [5.74, 6) is 0. The topological polar surface area (TPSA) is 41.8 Å². The van der Waals surface area contributed by atoms with E-state index in [1.54, 1.807) is 6.26 Å². The number of hydrogen-bond donors (Lipinski definition) is 1. The van der Waals surface area contributed by atoms with Gasteiger partial charge >= 0.3 is 0 Å². The number of aromatic nitrogens is 2. The number of furan rings is 1. The average Bonchev–Trinajstić information content (AvgIpc) is 3.77. The minimum Gasteiger partial charge on any atom is -0.464 e. The van der Waals surface area contributed by atoms with Gasteiger partial charge in [0, 0.05) is 38.9 Å². The Bertz CT molecular complexity index is 2670. The van der Waals surface area contributed by atoms with E-state index in [1.807, 2.05) is 0 Å². The van der Waals surface area contributed by atoms with E-state index in [1.165, 1.54) is 44.2 Å². The van der Waals surface area contributed by atoms with Gasteiger partial charge in [-0.25, -0.2) is 4.98 Å². The zero-order valence-electron chi connectivity index (χ0n) is 35.3. The number of H-pyrrole nitrogens is 1. The SMILES string of the molecule is CC(C)(C)c1ccc(-c2cc(-c3ccc(C(C)(C)C)cc3)cc(-c3cc4occc4c(-c4cc(C(C)(C)C)cc5c4[nH]c4ccc(C(C)(C)C)cc45)n3)c2)cc1. The molecule has 0 saturated heterocycles. The third-order valence-corrected chi connectivity index (χ3v) is 11.5. The van der Waals surface area contributed by atoms with Crippen LogP contribution in [0.3, 0.4) is 0 Å². The third kappa shape index (κ3) is 6.98. The molecule has 3 aromatic heterocycles. The maximum absolute atomic E-state index is 6.23. The summed E-state index contributed by atoms with van der Waals surface area (Å²) in [6.45, 7) is 27.3. The van der Waals surface area contributed by atoms with Gasteiger partial charge < -0.3 is 9.40 Å². The third-order valence-electron chi connectivity index (χ3n) is 11.5. The van der Waals surface area contributed by atoms with E-state index in [9.17, 15) is 0 Å². The largest absolute Gasteiger partial charge is 0.464 e. The predicted octanol–water partition coefficient (Wildman–Crippen LogP) is 15.3. The van der Waals surface area contributed by atoms with Crippen molar-refractivity contribution in [3.8, 4) is 44.8 Å². The Morgan fingerprint density at radius 3 is 1.46 bits per heavy atom. The highest BCUT2D eigenvalue weighted by Gasteiger charge is 2.24. The van der Waals surface area contributed by atoms with Gasteiger partial charge in [0.15, 0.2) is 0 Å². The first kappa shape index (κ1) is 37.5. The van der Waals surface area contributed by atoms with Crippen LogP contribution in [0.25, 0.3) is 77.5 Å². The van der Waals surface area contributed by atoms with Crippen molar-refractivity contribution in [3.05, 3.63) is 138 Å². The minimum atomic E-state index is -0.0738. The lowest BCUT2D eigenvalue weighted by Gasteiger charge is -2.21. The summed E-state index contributed by atoms with van der Waals surface area (Å²) in [5.41, 5.74) is 17.0. The van der Waals surface area contributed by atoms with Crippen molar-refractivity contribution < 1.29 is 4.42 Å². The highest BCUT2D eigenvalue weighted by atomic mass is 16.3. The number of nitrogens with one attached hydrogen (secondary N) is 1. The Hall–Kier alpha value is -5.41. The zero-order chi connectivity index (χ0) is 39.9. The average molecular weight is 737 g/mol. The van der Waals surface area contributed by atoms with Crippen LogP contribution in [-0.4, -0.2) is 9.97 Å². The molecule has 0 aliphatic rings. The van der Waals surface area contributed by atoms with Crippen molar-refractivity contribution in [1.29, 1.82) is 0 Å². The molecule has 0 atom stereocenters. The van der Waals surface area contributed by atoms with E-state index in [0.717, 1.165) is 55.6 Å². The molecular formula is C53H56N2O. The van der Waals surface area contributed by atoms with Crippen LogP contribution in [0.4, 0.5) is 0 Å². The molecule has 0 saturated carbocycles. The van der Waals surface area contributed by atoms with Gasteiger partial charge in [0.2, 0.25) is 0 Å². The molecule has 3 nitrogen and oxygen atoms in total. The fraction of sp³-hybridized carbons (Fsp3) is 0.302. The molecule has 56 heavy (non-hydrogen) atoms. The highest BCUT2D eigenvalue weighted by Crippen LogP contribution is 2.43. The maximum atomic E-state index is 6.23. The van der Waals surface area contributed by atoms with Crippen LogP contribution in [0.15, 0.2) is 120 Å². The fourth-order valence-electron chi connectivity index (χ4n) is 7.84. The smallest absolute Gasteiger partial charge is 0.138 e. The lowest BCUT2D eigenvalue weighted by atomic mass is 9.83. The normalized spacial score (nSPS) is 13.0. The van der Waals surface area contributed by atoms with Crippen LogP contribution in [-0.2, 0) is 21.7 Å². The van der Waals surface area contributed by atoms with Gasteiger partial charge in [-0.05, 0) is 115 Å². The van der Waals surface area contributed by atoms with Gasteiger partial charge in [-0.15, -0.1) is 0 Å². The molecule has 0 radical (unpaired) electrons. The highest BCUT2D eigenvalue weighted by molar-refractivity contribution is 6.14. The van der Waals surface area contributed by atoms with E-state index in [-0.39, 0.29) is 21.7 Å². The van der Waals surface area contributed by atoms with Crippen LogP contribution in [0.1, 0.15) is 105 Å². The Labute approximate surface area is 333 Å². The molecule has 0 aliphatic carbocycles. The molecule has 8 aromatic rings. The fourth-order valence-corrected chi connectivity index (χ4v) is 7.84. The Morgan fingerprint density at radius 2 is 0.929 bits per heavy atom.